The van der Waals surface area contributed by atoms with E-state index in [1.165, 1.54) is 11.4 Å². The quantitative estimate of drug-likeness (QED) is 0.590. The topological polar surface area (TPSA) is 6.48 Å². The maximum absolute atomic E-state index is 2.40. The van der Waals surface area contributed by atoms with Gasteiger partial charge in [0.2, 0.25) is 0 Å². The molecule has 0 bridgehead atoms. The van der Waals surface area contributed by atoms with Crippen molar-refractivity contribution in [3.8, 4) is 0 Å². The van der Waals surface area contributed by atoms with Crippen LogP contribution in [-0.4, -0.2) is 36.5 Å². The molecule has 1 aliphatic heterocycles. The number of nitrogens with zero attached hydrogens (tertiary/aromatic N) is 2. The van der Waals surface area contributed by atoms with Gasteiger partial charge in [-0.3, -0.25) is 0 Å². The van der Waals surface area contributed by atoms with Crippen molar-refractivity contribution in [2.75, 3.05) is 20.6 Å². The monoisotopic (exact) mass is 168 g/mol. The van der Waals surface area contributed by atoms with Crippen LogP contribution < -0.4 is 0 Å². The van der Waals surface area contributed by atoms with Gasteiger partial charge in [-0.15, -0.1) is 0 Å². The molecule has 1 aliphatic rings. The zero-order valence-corrected chi connectivity index (χ0v) is 8.89. The first kappa shape index (κ1) is 9.43. The van der Waals surface area contributed by atoms with Crippen molar-refractivity contribution in [3.63, 3.8) is 0 Å². The van der Waals surface area contributed by atoms with Gasteiger partial charge in [0, 0.05) is 38.1 Å². The maximum Gasteiger partial charge on any atom is 0.0431 e. The van der Waals surface area contributed by atoms with Gasteiger partial charge in [-0.2, -0.15) is 0 Å². The predicted molar refractivity (Wildman–Crippen MR) is 52.8 cm³/mol. The van der Waals surface area contributed by atoms with Gasteiger partial charge >= 0.3 is 0 Å². The van der Waals surface area contributed by atoms with E-state index in [0.29, 0.717) is 6.04 Å². The minimum atomic E-state index is 0.647. The molecule has 1 rings (SSSR count). The van der Waals surface area contributed by atoms with E-state index in [1.54, 1.807) is 0 Å². The zero-order chi connectivity index (χ0) is 9.30. The molecule has 0 aromatic heterocycles. The van der Waals surface area contributed by atoms with Crippen molar-refractivity contribution in [1.82, 2.24) is 9.80 Å². The van der Waals surface area contributed by atoms with Crippen molar-refractivity contribution in [2.24, 2.45) is 0 Å². The Morgan fingerprint density at radius 3 is 2.50 bits per heavy atom. The van der Waals surface area contributed by atoms with Crippen LogP contribution in [0.2, 0.25) is 0 Å². The van der Waals surface area contributed by atoms with Gasteiger partial charge in [0.15, 0.2) is 0 Å². The molecule has 0 amide bonds. The highest BCUT2D eigenvalue weighted by atomic mass is 15.3. The number of hydrogen-bond donors (Lipinski definition) is 0. The minimum absolute atomic E-state index is 0.647. The molecule has 0 aliphatic carbocycles. The molecular weight excluding hydrogens is 148 g/mol. The second-order valence-corrected chi connectivity index (χ2v) is 3.73. The van der Waals surface area contributed by atoms with Crippen LogP contribution in [0.15, 0.2) is 11.4 Å². The smallest absolute Gasteiger partial charge is 0.0431 e. The summed E-state index contributed by atoms with van der Waals surface area (Å²) < 4.78 is 0. The lowest BCUT2D eigenvalue weighted by Gasteiger charge is -2.40. The zero-order valence-electron chi connectivity index (χ0n) is 8.89. The van der Waals surface area contributed by atoms with Crippen molar-refractivity contribution in [3.05, 3.63) is 11.4 Å². The fraction of sp³-hybridized carbons (Fsp3) is 0.800. The lowest BCUT2D eigenvalue weighted by atomic mass is 10.1. The highest BCUT2D eigenvalue weighted by Crippen LogP contribution is 2.22. The molecule has 1 heterocycles. The van der Waals surface area contributed by atoms with E-state index in [-0.39, 0.29) is 0 Å². The lowest BCUT2D eigenvalue weighted by Crippen LogP contribution is -2.43. The summed E-state index contributed by atoms with van der Waals surface area (Å²) in [5, 5.41) is 0. The molecule has 0 spiro atoms. The highest BCUT2D eigenvalue weighted by molar-refractivity contribution is 5.13. The first-order valence-electron chi connectivity index (χ1n) is 4.71. The Morgan fingerprint density at radius 2 is 2.00 bits per heavy atom. The second kappa shape index (κ2) is 3.38. The Labute approximate surface area is 75.8 Å². The molecule has 12 heavy (non-hydrogen) atoms. The average molecular weight is 168 g/mol. The van der Waals surface area contributed by atoms with E-state index >= 15 is 0 Å². The van der Waals surface area contributed by atoms with Gasteiger partial charge in [-0.25, -0.2) is 0 Å². The van der Waals surface area contributed by atoms with Gasteiger partial charge < -0.3 is 9.80 Å². The van der Waals surface area contributed by atoms with Crippen molar-refractivity contribution < 1.29 is 0 Å². The van der Waals surface area contributed by atoms with Crippen molar-refractivity contribution in [2.45, 2.75) is 33.2 Å². The molecule has 2 nitrogen and oxygen atoms in total. The molecule has 1 unspecified atom stereocenters. The van der Waals surface area contributed by atoms with Crippen LogP contribution in [0.4, 0.5) is 0 Å². The summed E-state index contributed by atoms with van der Waals surface area (Å²) in [6, 6.07) is 0.647. The van der Waals surface area contributed by atoms with E-state index in [9.17, 15) is 0 Å². The average Bonchev–Trinajstić information content (AvgIpc) is 2.02. The Balaban J connectivity index is 2.92. The van der Waals surface area contributed by atoms with E-state index in [1.807, 2.05) is 0 Å². The lowest BCUT2D eigenvalue weighted by molar-refractivity contribution is 0.204. The van der Waals surface area contributed by atoms with E-state index < -0.39 is 0 Å². The summed E-state index contributed by atoms with van der Waals surface area (Å²) in [5.74, 6) is 0. The molecule has 0 fully saturated rings. The summed E-state index contributed by atoms with van der Waals surface area (Å²) in [7, 11) is 4.37. The third-order valence-electron chi connectivity index (χ3n) is 2.95. The maximum atomic E-state index is 2.40. The normalized spacial score (nSPS) is 25.2. The Kier molecular flexibility index (Phi) is 2.65. The molecule has 0 saturated heterocycles. The van der Waals surface area contributed by atoms with Crippen LogP contribution in [0.1, 0.15) is 27.2 Å². The number of rotatable bonds is 1. The molecule has 0 aromatic carbocycles. The third kappa shape index (κ3) is 1.43. The van der Waals surface area contributed by atoms with E-state index in [2.05, 4.69) is 44.7 Å². The largest absolute Gasteiger partial charge is 0.375 e. The molecule has 1 atom stereocenters. The van der Waals surface area contributed by atoms with Gasteiger partial charge in [-0.05, 0) is 20.3 Å². The van der Waals surface area contributed by atoms with Gasteiger partial charge in [0.1, 0.15) is 0 Å². The molecule has 0 saturated carbocycles. The predicted octanol–water partition coefficient (Wildman–Crippen LogP) is 1.89. The standard InChI is InChI=1S/C10H20N2/c1-6-10-9(3)11(4)7-8(2)12(10)5/h8H,6-7H2,1-5H3. The summed E-state index contributed by atoms with van der Waals surface area (Å²) in [4.78, 5) is 4.75. The van der Waals surface area contributed by atoms with Gasteiger partial charge in [0.05, 0.1) is 0 Å². The van der Waals surface area contributed by atoms with Crippen LogP contribution in [0, 0.1) is 0 Å². The summed E-state index contributed by atoms with van der Waals surface area (Å²) in [6.45, 7) is 7.85. The number of likely N-dealkylation sites (N-methyl/N-ethyl adjacent to an activating group) is 2. The minimum Gasteiger partial charge on any atom is -0.375 e. The summed E-state index contributed by atoms with van der Waals surface area (Å²) in [5.41, 5.74) is 2.91. The molecule has 0 N–H and O–H groups in total. The molecule has 0 radical (unpaired) electrons. The number of allylic oxidation sites excluding steroid dienone is 2. The van der Waals surface area contributed by atoms with Crippen LogP contribution in [-0.2, 0) is 0 Å². The fourth-order valence-electron chi connectivity index (χ4n) is 1.90. The van der Waals surface area contributed by atoms with Crippen molar-refractivity contribution in [1.29, 1.82) is 0 Å². The molecule has 2 heteroatoms. The SMILES string of the molecule is CCC1=C(C)N(C)CC(C)N1C. The molecular formula is C10H20N2. The fourth-order valence-corrected chi connectivity index (χ4v) is 1.90. The third-order valence-corrected chi connectivity index (χ3v) is 2.95. The first-order valence-corrected chi connectivity index (χ1v) is 4.71. The van der Waals surface area contributed by atoms with E-state index in [4.69, 9.17) is 0 Å². The summed E-state index contributed by atoms with van der Waals surface area (Å²) >= 11 is 0. The van der Waals surface area contributed by atoms with Crippen LogP contribution >= 0.6 is 0 Å². The number of hydrogen-bond acceptors (Lipinski definition) is 2. The Morgan fingerprint density at radius 1 is 1.42 bits per heavy atom. The van der Waals surface area contributed by atoms with Crippen LogP contribution in [0.5, 0.6) is 0 Å². The van der Waals surface area contributed by atoms with Gasteiger partial charge in [-0.1, -0.05) is 6.92 Å². The van der Waals surface area contributed by atoms with Gasteiger partial charge in [0.25, 0.3) is 0 Å². The van der Waals surface area contributed by atoms with Crippen molar-refractivity contribution >= 4 is 0 Å². The second-order valence-electron chi connectivity index (χ2n) is 3.73. The Bertz CT molecular complexity index is 196. The highest BCUT2D eigenvalue weighted by Gasteiger charge is 2.21. The van der Waals surface area contributed by atoms with Crippen LogP contribution in [0.3, 0.4) is 0 Å². The molecule has 70 valence electrons. The van der Waals surface area contributed by atoms with E-state index in [0.717, 1.165) is 13.0 Å². The molecule has 0 aromatic rings. The van der Waals surface area contributed by atoms with Crippen LogP contribution in [0.25, 0.3) is 0 Å². The first-order chi connectivity index (χ1) is 5.57. The Hall–Kier alpha value is -0.660. The summed E-state index contributed by atoms with van der Waals surface area (Å²) in [6.07, 6.45) is 1.14.